The van der Waals surface area contributed by atoms with Crippen molar-refractivity contribution >= 4 is 0 Å². The van der Waals surface area contributed by atoms with E-state index in [-0.39, 0.29) is 0 Å². The van der Waals surface area contributed by atoms with Crippen molar-refractivity contribution < 1.29 is 8.78 Å². The van der Waals surface area contributed by atoms with Gasteiger partial charge in [-0.3, -0.25) is 9.88 Å². The van der Waals surface area contributed by atoms with Crippen molar-refractivity contribution in [3.63, 3.8) is 0 Å². The molecule has 4 rings (SSSR count). The van der Waals surface area contributed by atoms with Gasteiger partial charge in [-0.25, -0.2) is 8.78 Å². The molecule has 1 saturated carbocycles. The third-order valence-corrected chi connectivity index (χ3v) is 4.55. The van der Waals surface area contributed by atoms with Gasteiger partial charge in [-0.05, 0) is 36.2 Å². The highest BCUT2D eigenvalue weighted by atomic mass is 19.2. The highest BCUT2D eigenvalue weighted by Gasteiger charge is 2.43. The summed E-state index contributed by atoms with van der Waals surface area (Å²) < 4.78 is 26.3. The van der Waals surface area contributed by atoms with Gasteiger partial charge in [0.15, 0.2) is 11.6 Å². The molecule has 0 amide bonds. The Morgan fingerprint density at radius 1 is 1.14 bits per heavy atom. The van der Waals surface area contributed by atoms with Crippen LogP contribution in [0.2, 0.25) is 0 Å². The van der Waals surface area contributed by atoms with E-state index in [4.69, 9.17) is 0 Å². The summed E-state index contributed by atoms with van der Waals surface area (Å²) in [5.74, 6) is -1.13. The van der Waals surface area contributed by atoms with Crippen LogP contribution in [0.4, 0.5) is 8.78 Å². The number of nitrogens with zero attached hydrogens (tertiary/aromatic N) is 2. The molecule has 1 aromatic carbocycles. The minimum atomic E-state index is -0.841. The van der Waals surface area contributed by atoms with Gasteiger partial charge in [-0.2, -0.15) is 0 Å². The maximum absolute atomic E-state index is 13.3. The molecule has 2 fully saturated rings. The molecule has 0 radical (unpaired) electrons. The third kappa shape index (κ3) is 2.51. The minimum absolute atomic E-state index is 0.548. The summed E-state index contributed by atoms with van der Waals surface area (Å²) in [6.45, 7) is 3.15. The van der Waals surface area contributed by atoms with Gasteiger partial charge in [0.2, 0.25) is 0 Å². The van der Waals surface area contributed by atoms with Gasteiger partial charge in [0.25, 0.3) is 0 Å². The molecule has 114 valence electrons. The molecule has 1 aromatic heterocycles. The van der Waals surface area contributed by atoms with Crippen molar-refractivity contribution in [2.45, 2.75) is 18.4 Å². The Bertz CT molecular complexity index is 681. The second-order valence-electron chi connectivity index (χ2n) is 5.99. The lowest BCUT2D eigenvalue weighted by Gasteiger charge is -2.13. The molecule has 2 atom stereocenters. The lowest BCUT2D eigenvalue weighted by atomic mass is 10.1. The monoisotopic (exact) mass is 301 g/mol. The van der Waals surface area contributed by atoms with E-state index in [1.807, 2.05) is 12.3 Å². The zero-order chi connectivity index (χ0) is 15.1. The topological polar surface area (TPSA) is 28.2 Å². The highest BCUT2D eigenvalue weighted by molar-refractivity contribution is 5.59. The normalized spacial score (nSPS) is 24.6. The second kappa shape index (κ2) is 5.41. The molecule has 22 heavy (non-hydrogen) atoms. The summed E-state index contributed by atoms with van der Waals surface area (Å²) in [5, 5.41) is 3.35. The number of hydrogen-bond donors (Lipinski definition) is 1. The molecule has 3 nitrogen and oxygen atoms in total. The van der Waals surface area contributed by atoms with Gasteiger partial charge in [-0.1, -0.05) is 6.07 Å². The first kappa shape index (κ1) is 13.8. The number of hydrogen-bond acceptors (Lipinski definition) is 3. The minimum Gasteiger partial charge on any atom is -0.303 e. The maximum atomic E-state index is 13.3. The summed E-state index contributed by atoms with van der Waals surface area (Å²) in [6, 6.07) is 8.43. The largest absolute Gasteiger partial charge is 0.303 e. The number of rotatable bonds is 3. The number of halogens is 2. The van der Waals surface area contributed by atoms with Gasteiger partial charge in [0.05, 0.1) is 5.69 Å². The van der Waals surface area contributed by atoms with E-state index < -0.39 is 11.6 Å². The molecule has 0 spiro atoms. The average molecular weight is 301 g/mol. The van der Waals surface area contributed by atoms with Gasteiger partial charge >= 0.3 is 0 Å². The number of benzene rings is 1. The molecule has 0 bridgehead atoms. The fraction of sp³-hybridized carbons (Fsp3) is 0.353. The Hall–Kier alpha value is -1.85. The lowest BCUT2D eigenvalue weighted by Crippen LogP contribution is -2.25. The van der Waals surface area contributed by atoms with Crippen LogP contribution in [0.25, 0.3) is 11.3 Å². The van der Waals surface area contributed by atoms with Crippen LogP contribution >= 0.6 is 0 Å². The molecule has 1 aliphatic heterocycles. The highest BCUT2D eigenvalue weighted by Crippen LogP contribution is 2.44. The van der Waals surface area contributed by atoms with Crippen LogP contribution in [0.3, 0.4) is 0 Å². The standard InChI is InChI=1S/C17H17F2N3/c18-14-3-1-11(7-15(14)19)16-4-2-12(9-21-16)13-8-17(13)22-6-5-20-10-22/h1-4,7,9,13,17,20H,5-6,8,10H2/t13-,17+/m1/s1. The predicted octanol–water partition coefficient (Wildman–Crippen LogP) is 2.75. The molecule has 1 N–H and O–H groups in total. The van der Waals surface area contributed by atoms with Crippen molar-refractivity contribution in [3.05, 3.63) is 53.7 Å². The average Bonchev–Trinajstić information content (AvgIpc) is 3.15. The zero-order valence-electron chi connectivity index (χ0n) is 12.1. The van der Waals surface area contributed by atoms with Crippen LogP contribution in [0, 0.1) is 11.6 Å². The van der Waals surface area contributed by atoms with Crippen LogP contribution in [0.5, 0.6) is 0 Å². The molecular weight excluding hydrogens is 284 g/mol. The van der Waals surface area contributed by atoms with Crippen LogP contribution in [-0.2, 0) is 0 Å². The molecule has 0 unspecified atom stereocenters. The lowest BCUT2D eigenvalue weighted by molar-refractivity contribution is 0.319. The van der Waals surface area contributed by atoms with E-state index in [1.54, 1.807) is 6.07 Å². The van der Waals surface area contributed by atoms with Gasteiger partial charge < -0.3 is 5.32 Å². The smallest absolute Gasteiger partial charge is 0.159 e. The summed E-state index contributed by atoms with van der Waals surface area (Å²) >= 11 is 0. The molecule has 2 heterocycles. The Labute approximate surface area is 128 Å². The summed E-state index contributed by atoms with van der Waals surface area (Å²) in [6.07, 6.45) is 3.04. The predicted molar refractivity (Wildman–Crippen MR) is 80.3 cm³/mol. The Balaban J connectivity index is 1.50. The van der Waals surface area contributed by atoms with E-state index in [0.29, 0.717) is 23.2 Å². The van der Waals surface area contributed by atoms with Crippen LogP contribution in [0.15, 0.2) is 36.5 Å². The SMILES string of the molecule is Fc1ccc(-c2ccc([C@H]3C[C@@H]3N3CCNC3)cn2)cc1F. The van der Waals surface area contributed by atoms with Crippen LogP contribution in [0.1, 0.15) is 17.9 Å². The summed E-state index contributed by atoms with van der Waals surface area (Å²) in [4.78, 5) is 6.88. The first-order valence-electron chi connectivity index (χ1n) is 7.58. The summed E-state index contributed by atoms with van der Waals surface area (Å²) in [7, 11) is 0. The van der Waals surface area contributed by atoms with E-state index in [9.17, 15) is 8.78 Å². The molecule has 2 aromatic rings. The quantitative estimate of drug-likeness (QED) is 0.945. The van der Waals surface area contributed by atoms with E-state index in [2.05, 4.69) is 21.3 Å². The molecular formula is C17H17F2N3. The number of pyridine rings is 1. The molecule has 1 saturated heterocycles. The Morgan fingerprint density at radius 3 is 2.73 bits per heavy atom. The second-order valence-corrected chi connectivity index (χ2v) is 5.99. The summed E-state index contributed by atoms with van der Waals surface area (Å²) in [5.41, 5.74) is 2.49. The maximum Gasteiger partial charge on any atom is 0.159 e. The third-order valence-electron chi connectivity index (χ3n) is 4.55. The fourth-order valence-corrected chi connectivity index (χ4v) is 3.20. The number of nitrogens with one attached hydrogen (secondary N) is 1. The molecule has 1 aliphatic carbocycles. The van der Waals surface area contributed by atoms with Crippen molar-refractivity contribution in [1.82, 2.24) is 15.2 Å². The first-order chi connectivity index (χ1) is 10.7. The van der Waals surface area contributed by atoms with Crippen molar-refractivity contribution in [2.75, 3.05) is 19.8 Å². The van der Waals surface area contributed by atoms with E-state index in [0.717, 1.165) is 25.8 Å². The van der Waals surface area contributed by atoms with E-state index in [1.165, 1.54) is 18.1 Å². The Morgan fingerprint density at radius 2 is 2.05 bits per heavy atom. The van der Waals surface area contributed by atoms with Crippen LogP contribution in [-0.4, -0.2) is 35.7 Å². The van der Waals surface area contributed by atoms with Gasteiger partial charge in [0.1, 0.15) is 0 Å². The molecule has 2 aliphatic rings. The van der Waals surface area contributed by atoms with Crippen molar-refractivity contribution in [2.24, 2.45) is 0 Å². The van der Waals surface area contributed by atoms with Gasteiger partial charge in [0, 0.05) is 43.5 Å². The van der Waals surface area contributed by atoms with Gasteiger partial charge in [-0.15, -0.1) is 0 Å². The van der Waals surface area contributed by atoms with E-state index >= 15 is 0 Å². The first-order valence-corrected chi connectivity index (χ1v) is 7.58. The van der Waals surface area contributed by atoms with Crippen molar-refractivity contribution in [3.8, 4) is 11.3 Å². The molecule has 5 heteroatoms. The fourth-order valence-electron chi connectivity index (χ4n) is 3.20. The zero-order valence-corrected chi connectivity index (χ0v) is 12.1. The number of aromatic nitrogens is 1. The van der Waals surface area contributed by atoms with Crippen LogP contribution < -0.4 is 5.32 Å². The Kier molecular flexibility index (Phi) is 3.39. The van der Waals surface area contributed by atoms with Crippen molar-refractivity contribution in [1.29, 1.82) is 0 Å².